The molecule has 2 saturated carbocycles. The topological polar surface area (TPSA) is 53.4 Å². The van der Waals surface area contributed by atoms with E-state index >= 15 is 0 Å². The van der Waals surface area contributed by atoms with E-state index in [4.69, 9.17) is 0 Å². The van der Waals surface area contributed by atoms with Crippen LogP contribution >= 0.6 is 0 Å². The zero-order valence-corrected chi connectivity index (χ0v) is 23.9. The molecule has 0 bridgehead atoms. The number of rotatable bonds is 5. The van der Waals surface area contributed by atoms with Crippen LogP contribution in [0, 0.1) is 28.7 Å². The fourth-order valence-electron chi connectivity index (χ4n) is 6.92. The van der Waals surface area contributed by atoms with Crippen molar-refractivity contribution in [2.75, 3.05) is 0 Å². The molecular weight excluding hydrogens is 611 g/mol. The summed E-state index contributed by atoms with van der Waals surface area (Å²) in [6.45, 7) is 8.75. The van der Waals surface area contributed by atoms with Gasteiger partial charge >= 0.3 is 0 Å². The molecule has 3 nitrogen and oxygen atoms in total. The smallest absolute Gasteiger partial charge is 0.0651 e. The minimum absolute atomic E-state index is 0. The Morgan fingerprint density at radius 2 is 1.40 bits per heavy atom. The minimum Gasteiger partial charge on any atom is -0.392 e. The van der Waals surface area contributed by atoms with Crippen molar-refractivity contribution in [1.29, 1.82) is 0 Å². The average molecular weight is 651 g/mol. The molecule has 2 fully saturated rings. The summed E-state index contributed by atoms with van der Waals surface area (Å²) >= 11 is 0. The quantitative estimate of drug-likeness (QED) is 0.291. The standard InChI is InChI=1S/C16H30O2.C15H10N.Ir/c1-5-15(6-2)9-11-10-16(7-3,8-4)14(18)12(11)13(15)17;1-2-7-13(8-3-1)15-14-9-5-4-6-12(14)10-11-16-15;/h11-14,17-18H,5-10H2,1-4H3;1-7,9-11H;/q;-1;. The zero-order chi connectivity index (χ0) is 24.3. The van der Waals surface area contributed by atoms with Crippen LogP contribution in [0.25, 0.3) is 22.0 Å². The Hall–Kier alpha value is -1.58. The fraction of sp³-hybridized carbons (Fsp3) is 0.516. The minimum atomic E-state index is -0.299. The molecule has 2 unspecified atom stereocenters. The number of benzene rings is 2. The molecule has 35 heavy (non-hydrogen) atoms. The molecule has 0 saturated heterocycles. The molecule has 0 amide bonds. The maximum Gasteiger partial charge on any atom is 0.0651 e. The molecule has 1 heterocycles. The second-order valence-corrected chi connectivity index (χ2v) is 10.4. The maximum absolute atomic E-state index is 10.7. The van der Waals surface area contributed by atoms with Crippen LogP contribution in [0.1, 0.15) is 66.2 Å². The molecule has 2 aliphatic carbocycles. The van der Waals surface area contributed by atoms with Gasteiger partial charge in [-0.3, -0.25) is 0 Å². The van der Waals surface area contributed by atoms with Crippen molar-refractivity contribution in [2.24, 2.45) is 22.7 Å². The first-order valence-corrected chi connectivity index (χ1v) is 13.1. The predicted octanol–water partition coefficient (Wildman–Crippen LogP) is 7.06. The van der Waals surface area contributed by atoms with Crippen molar-refractivity contribution in [3.8, 4) is 11.3 Å². The summed E-state index contributed by atoms with van der Waals surface area (Å²) < 4.78 is 0. The van der Waals surface area contributed by atoms with E-state index in [2.05, 4.69) is 50.9 Å². The molecule has 0 aliphatic heterocycles. The summed E-state index contributed by atoms with van der Waals surface area (Å²) in [4.78, 5) is 4.45. The molecule has 2 N–H and O–H groups in total. The van der Waals surface area contributed by atoms with E-state index in [1.165, 1.54) is 10.8 Å². The number of hydrogen-bond acceptors (Lipinski definition) is 3. The van der Waals surface area contributed by atoms with Gasteiger partial charge < -0.3 is 15.2 Å². The summed E-state index contributed by atoms with van der Waals surface area (Å²) in [5.74, 6) is 0.666. The molecule has 1 aromatic heterocycles. The molecule has 5 rings (SSSR count). The van der Waals surface area contributed by atoms with E-state index in [9.17, 15) is 10.2 Å². The molecule has 4 heteroatoms. The number of pyridine rings is 1. The third kappa shape index (κ3) is 5.01. The van der Waals surface area contributed by atoms with E-state index in [1.54, 1.807) is 0 Å². The Balaban J connectivity index is 0.000000191. The van der Waals surface area contributed by atoms with Gasteiger partial charge in [-0.05, 0) is 77.8 Å². The van der Waals surface area contributed by atoms with Gasteiger partial charge in [0.25, 0.3) is 0 Å². The van der Waals surface area contributed by atoms with Crippen LogP contribution in [0.3, 0.4) is 0 Å². The van der Waals surface area contributed by atoms with Crippen molar-refractivity contribution < 1.29 is 30.3 Å². The normalized spacial score (nSPS) is 25.9. The number of aromatic nitrogens is 1. The Morgan fingerprint density at radius 3 is 1.91 bits per heavy atom. The Bertz CT molecular complexity index is 1040. The number of nitrogens with zero attached hydrogens (tertiary/aromatic N) is 1. The molecule has 2 atom stereocenters. The SMILES string of the molecule is CCC1(CC)CC2CC(CC)(CC)C(O)C2C1O.[Ir].[c-]1ccccc1-c1nccc2ccccc12. The first-order valence-electron chi connectivity index (χ1n) is 13.1. The van der Waals surface area contributed by atoms with Crippen LogP contribution in [0.5, 0.6) is 0 Å². The number of aliphatic hydroxyl groups is 2. The maximum atomic E-state index is 10.7. The largest absolute Gasteiger partial charge is 0.392 e. The molecule has 0 spiro atoms. The van der Waals surface area contributed by atoms with Gasteiger partial charge in [0.15, 0.2) is 0 Å². The van der Waals surface area contributed by atoms with Crippen molar-refractivity contribution in [3.63, 3.8) is 0 Å². The Labute approximate surface area is 224 Å². The summed E-state index contributed by atoms with van der Waals surface area (Å²) in [5, 5.41) is 23.9. The van der Waals surface area contributed by atoms with Gasteiger partial charge in [0.2, 0.25) is 0 Å². The third-order valence-electron chi connectivity index (χ3n) is 9.32. The van der Waals surface area contributed by atoms with Crippen molar-refractivity contribution >= 4 is 10.8 Å². The fourth-order valence-corrected chi connectivity index (χ4v) is 6.92. The summed E-state index contributed by atoms with van der Waals surface area (Å²) in [6.07, 6.45) is 7.63. The molecule has 191 valence electrons. The van der Waals surface area contributed by atoms with Crippen LogP contribution < -0.4 is 0 Å². The molecule has 3 aromatic rings. The third-order valence-corrected chi connectivity index (χ3v) is 9.32. The first-order chi connectivity index (χ1) is 16.4. The second-order valence-electron chi connectivity index (χ2n) is 10.4. The van der Waals surface area contributed by atoms with Crippen LogP contribution in [0.15, 0.2) is 60.8 Å². The molecule has 2 aromatic carbocycles. The van der Waals surface area contributed by atoms with Crippen LogP contribution in [0.2, 0.25) is 0 Å². The van der Waals surface area contributed by atoms with E-state index in [0.717, 1.165) is 49.8 Å². The van der Waals surface area contributed by atoms with Crippen LogP contribution in [-0.4, -0.2) is 27.4 Å². The summed E-state index contributed by atoms with van der Waals surface area (Å²) in [7, 11) is 0. The van der Waals surface area contributed by atoms with E-state index in [1.807, 2.05) is 48.7 Å². The van der Waals surface area contributed by atoms with Gasteiger partial charge in [0.05, 0.1) is 12.2 Å². The van der Waals surface area contributed by atoms with Gasteiger partial charge in [-0.15, -0.1) is 35.9 Å². The number of aliphatic hydroxyl groups excluding tert-OH is 2. The summed E-state index contributed by atoms with van der Waals surface area (Å²) in [5.41, 5.74) is 2.19. The van der Waals surface area contributed by atoms with E-state index in [0.29, 0.717) is 5.92 Å². The van der Waals surface area contributed by atoms with Crippen LogP contribution in [0.4, 0.5) is 0 Å². The van der Waals surface area contributed by atoms with Gasteiger partial charge in [-0.25, -0.2) is 0 Å². The first kappa shape index (κ1) is 28.0. The van der Waals surface area contributed by atoms with Crippen molar-refractivity contribution in [1.82, 2.24) is 4.98 Å². The monoisotopic (exact) mass is 651 g/mol. The molecule has 2 aliphatic rings. The average Bonchev–Trinajstić information content (AvgIpc) is 3.34. The molecule has 1 radical (unpaired) electrons. The Kier molecular flexibility index (Phi) is 9.32. The van der Waals surface area contributed by atoms with E-state index in [-0.39, 0.29) is 49.1 Å². The van der Waals surface area contributed by atoms with E-state index < -0.39 is 0 Å². The van der Waals surface area contributed by atoms with Gasteiger partial charge in [-0.2, -0.15) is 0 Å². The second kappa shape index (κ2) is 11.6. The number of hydrogen-bond donors (Lipinski definition) is 2. The predicted molar refractivity (Wildman–Crippen MR) is 140 cm³/mol. The number of fused-ring (bicyclic) bond motifs is 2. The van der Waals surface area contributed by atoms with Crippen molar-refractivity contribution in [3.05, 3.63) is 66.9 Å². The van der Waals surface area contributed by atoms with Gasteiger partial charge in [0, 0.05) is 32.2 Å². The molecular formula is C31H40IrNO2-. The van der Waals surface area contributed by atoms with Crippen LogP contribution in [-0.2, 0) is 20.1 Å². The Morgan fingerprint density at radius 1 is 0.829 bits per heavy atom. The van der Waals surface area contributed by atoms with Crippen molar-refractivity contribution in [2.45, 2.75) is 78.4 Å². The van der Waals surface area contributed by atoms with Gasteiger partial charge in [-0.1, -0.05) is 52.0 Å². The summed E-state index contributed by atoms with van der Waals surface area (Å²) in [6, 6.07) is 21.4. The zero-order valence-electron chi connectivity index (χ0n) is 21.5. The van der Waals surface area contributed by atoms with Gasteiger partial charge in [0.1, 0.15) is 0 Å².